The number of aromatic nitrogens is 2. The second-order valence-electron chi connectivity index (χ2n) is 13.8. The number of amides is 2. The van der Waals surface area contributed by atoms with E-state index in [4.69, 9.17) is 23.2 Å². The van der Waals surface area contributed by atoms with Gasteiger partial charge in [-0.1, -0.05) is 38.1 Å². The van der Waals surface area contributed by atoms with E-state index in [0.29, 0.717) is 5.69 Å². The van der Waals surface area contributed by atoms with E-state index >= 15 is 0 Å². The number of nitrogens with zero attached hydrogens (tertiary/aromatic N) is 4. The molecule has 2 amide bonds. The number of aryl methyl sites for hydroxylation is 3. The summed E-state index contributed by atoms with van der Waals surface area (Å²) in [6, 6.07) is 8.42. The Bertz CT molecular complexity index is 2630. The summed E-state index contributed by atoms with van der Waals surface area (Å²) in [5.74, 6) is -2.24. The quantitative estimate of drug-likeness (QED) is 0.126. The lowest BCUT2D eigenvalue weighted by Crippen LogP contribution is -2.55. The van der Waals surface area contributed by atoms with E-state index in [0.717, 1.165) is 55.9 Å². The van der Waals surface area contributed by atoms with Crippen LogP contribution in [-0.2, 0) is 37.1 Å². The normalized spacial score (nSPS) is 21.0. The maximum absolute atomic E-state index is 13.4. The summed E-state index contributed by atoms with van der Waals surface area (Å²) in [6.45, 7) is 3.87. The van der Waals surface area contributed by atoms with Crippen molar-refractivity contribution < 1.29 is 35.2 Å². The van der Waals surface area contributed by atoms with Crippen molar-refractivity contribution in [1.29, 1.82) is 0 Å². The Labute approximate surface area is 381 Å². The fourth-order valence-corrected chi connectivity index (χ4v) is 12.2. The van der Waals surface area contributed by atoms with Gasteiger partial charge in [0.2, 0.25) is 11.8 Å². The van der Waals surface area contributed by atoms with Gasteiger partial charge < -0.3 is 10.6 Å². The molecule has 0 aliphatic carbocycles. The summed E-state index contributed by atoms with van der Waals surface area (Å²) < 4.78 is 87.0. The number of anilines is 2. The third-order valence-corrected chi connectivity index (χ3v) is 17.0. The monoisotopic (exact) mass is 1020 g/mol. The number of hydrogen-bond acceptors (Lipinski definition) is 9. The van der Waals surface area contributed by atoms with Gasteiger partial charge in [0, 0.05) is 58.9 Å². The third-order valence-electron chi connectivity index (χ3n) is 9.58. The number of carbonyl (C=O) groups excluding carboxylic acids is 2. The fourth-order valence-electron chi connectivity index (χ4n) is 6.35. The van der Waals surface area contributed by atoms with Gasteiger partial charge in [-0.25, -0.2) is 8.78 Å². The van der Waals surface area contributed by atoms with E-state index in [9.17, 15) is 35.2 Å². The van der Waals surface area contributed by atoms with Gasteiger partial charge >= 0.3 is 0 Å². The van der Waals surface area contributed by atoms with E-state index in [2.05, 4.69) is 41.1 Å². The number of benzene rings is 2. The molecule has 2 fully saturated rings. The van der Waals surface area contributed by atoms with Crippen LogP contribution >= 0.6 is 61.8 Å². The van der Waals surface area contributed by atoms with Crippen LogP contribution in [-0.4, -0.2) is 73.2 Å². The Morgan fingerprint density at radius 2 is 1.21 bits per heavy atom. The maximum atomic E-state index is 13.4. The standard InChI is InChI=1S/C20H21ClFN5O3S2.C16H16BrClFN3O3S2.2CH4/c1-11-6-18(31-19(11)12-9-23-26(2)10-12)16-8-17(27(3)32(29,30)25-16)20(28)24-13-4-5-15(22)14(21)7-13;1-8-5-14(26-15(8)17)12-7-13(22(2)27(24,25)21-12)16(23)20-9-3-4-11(19)10(18)6-9;;/h4-7,9-10,16-17,25H,8H2,1-3H3,(H,24,28);3-6,12-13,21H,7H2,1-2H3,(H,20,23);2*1H4. The summed E-state index contributed by atoms with van der Waals surface area (Å²) in [4.78, 5) is 28.3. The van der Waals surface area contributed by atoms with Crippen LogP contribution in [0.4, 0.5) is 20.2 Å². The lowest BCUT2D eigenvalue weighted by atomic mass is 10.0. The van der Waals surface area contributed by atoms with Gasteiger partial charge in [0.1, 0.15) is 23.7 Å². The molecule has 332 valence electrons. The van der Waals surface area contributed by atoms with Crippen LogP contribution in [0.3, 0.4) is 0 Å². The summed E-state index contributed by atoms with van der Waals surface area (Å²) in [6.07, 6.45) is 4.13. The minimum atomic E-state index is -3.90. The SMILES string of the molecule is C.C.Cc1cc(C2CC(C(=O)Nc3ccc(F)c(Cl)c3)N(C)S(=O)(=O)N2)sc1-c1cnn(C)c1.Cc1cc(C2CC(C(=O)Nc3ccc(F)c(Cl)c3)N(C)S(=O)(=O)N2)sc1Br. The number of thiophene rings is 2. The highest BCUT2D eigenvalue weighted by molar-refractivity contribution is 9.11. The second kappa shape index (κ2) is 20.0. The number of nitrogens with one attached hydrogen (secondary N) is 4. The summed E-state index contributed by atoms with van der Waals surface area (Å²) >= 11 is 17.8. The zero-order chi connectivity index (χ0) is 43.1. The molecule has 3 aromatic heterocycles. The zero-order valence-corrected chi connectivity index (χ0v) is 38.1. The van der Waals surface area contributed by atoms with E-state index < -0.39 is 68.0 Å². The predicted molar refractivity (Wildman–Crippen MR) is 243 cm³/mol. The molecular weight excluding hydrogens is 982 g/mol. The highest BCUT2D eigenvalue weighted by Crippen LogP contribution is 2.39. The first-order valence-corrected chi connectivity index (χ1v) is 23.6. The molecule has 0 radical (unpaired) electrons. The largest absolute Gasteiger partial charge is 0.325 e. The van der Waals surface area contributed by atoms with Crippen LogP contribution in [0, 0.1) is 25.5 Å². The van der Waals surface area contributed by atoms with Crippen LogP contribution in [0.2, 0.25) is 10.0 Å². The van der Waals surface area contributed by atoms with Crippen molar-refractivity contribution in [3.8, 4) is 10.4 Å². The molecule has 4 N–H and O–H groups in total. The molecule has 0 spiro atoms. The highest BCUT2D eigenvalue weighted by Gasteiger charge is 2.42. The van der Waals surface area contributed by atoms with Crippen LogP contribution in [0.15, 0.2) is 64.7 Å². The topological polar surface area (TPSA) is 175 Å². The van der Waals surface area contributed by atoms with Crippen molar-refractivity contribution >= 4 is 105 Å². The number of hydrogen-bond donors (Lipinski definition) is 4. The molecule has 2 saturated heterocycles. The Kier molecular flexibility index (Phi) is 16.5. The lowest BCUT2D eigenvalue weighted by molar-refractivity contribution is -0.120. The molecule has 14 nitrogen and oxygen atoms in total. The maximum Gasteiger partial charge on any atom is 0.280 e. The fraction of sp³-hybridized carbons (Fsp3) is 0.342. The summed E-state index contributed by atoms with van der Waals surface area (Å²) in [7, 11) is -3.21. The van der Waals surface area contributed by atoms with Crippen LogP contribution in [0.5, 0.6) is 0 Å². The smallest absolute Gasteiger partial charge is 0.280 e. The van der Waals surface area contributed by atoms with Gasteiger partial charge in [-0.2, -0.15) is 40.0 Å². The Morgan fingerprint density at radius 1 is 0.770 bits per heavy atom. The number of likely N-dealkylation sites (N-methyl/N-ethyl adjacent to an activating group) is 2. The number of halogens is 5. The van der Waals surface area contributed by atoms with Gasteiger partial charge in [0.25, 0.3) is 20.4 Å². The Hall–Kier alpha value is -3.35. The van der Waals surface area contributed by atoms with E-state index in [1.807, 2.05) is 39.2 Å². The molecule has 2 aliphatic rings. The van der Waals surface area contributed by atoms with Crippen molar-refractivity contribution in [3.05, 3.63) is 107 Å². The first kappa shape index (κ1) is 50.3. The van der Waals surface area contributed by atoms with E-state index in [1.54, 1.807) is 10.9 Å². The van der Waals surface area contributed by atoms with Crippen molar-refractivity contribution in [2.45, 2.75) is 65.7 Å². The average Bonchev–Trinajstić information content (AvgIpc) is 3.87. The molecule has 5 heterocycles. The van der Waals surface area contributed by atoms with Crippen LogP contribution in [0.25, 0.3) is 10.4 Å². The Morgan fingerprint density at radius 3 is 1.61 bits per heavy atom. The van der Waals surface area contributed by atoms with Gasteiger partial charge in [0.05, 0.1) is 32.1 Å². The van der Waals surface area contributed by atoms with Gasteiger partial charge in [-0.05, 0) is 102 Å². The summed E-state index contributed by atoms with van der Waals surface area (Å²) in [5, 5.41) is 9.17. The highest BCUT2D eigenvalue weighted by atomic mass is 79.9. The molecule has 61 heavy (non-hydrogen) atoms. The van der Waals surface area contributed by atoms with Crippen molar-refractivity contribution in [3.63, 3.8) is 0 Å². The van der Waals surface area contributed by atoms with Gasteiger partial charge in [-0.3, -0.25) is 14.3 Å². The molecule has 0 saturated carbocycles. The van der Waals surface area contributed by atoms with Crippen LogP contribution in [0.1, 0.15) is 60.7 Å². The number of rotatable bonds is 7. The van der Waals surface area contributed by atoms with Crippen molar-refractivity contribution in [2.75, 3.05) is 24.7 Å². The van der Waals surface area contributed by atoms with Crippen molar-refractivity contribution in [1.82, 2.24) is 27.8 Å². The molecule has 0 bridgehead atoms. The molecule has 7 rings (SSSR count). The van der Waals surface area contributed by atoms with Gasteiger partial charge in [0.15, 0.2) is 0 Å². The Balaban J connectivity index is 0.000000264. The molecule has 4 unspecified atom stereocenters. The second-order valence-corrected chi connectivity index (χ2v) is 21.6. The van der Waals surface area contributed by atoms with Crippen LogP contribution < -0.4 is 20.1 Å². The lowest BCUT2D eigenvalue weighted by Gasteiger charge is -2.35. The molecule has 23 heteroatoms. The van der Waals surface area contributed by atoms with E-state index in [1.165, 1.54) is 61.0 Å². The third kappa shape index (κ3) is 11.4. The first-order chi connectivity index (χ1) is 27.6. The molecule has 2 aliphatic heterocycles. The average molecular weight is 1030 g/mol. The predicted octanol–water partition coefficient (Wildman–Crippen LogP) is 8.57. The van der Waals surface area contributed by atoms with Gasteiger partial charge in [-0.15, -0.1) is 22.7 Å². The first-order valence-electron chi connectivity index (χ1n) is 17.5. The molecule has 5 aromatic rings. The minimum absolute atomic E-state index is 0. The number of carbonyl (C=O) groups is 2. The minimum Gasteiger partial charge on any atom is -0.325 e. The van der Waals surface area contributed by atoms with Crippen molar-refractivity contribution in [2.24, 2.45) is 7.05 Å². The molecule has 4 atom stereocenters. The molecular formula is C38H45BrCl2F2N8O6S4. The summed E-state index contributed by atoms with van der Waals surface area (Å²) in [5.41, 5.74) is 3.52. The zero-order valence-electron chi connectivity index (χ0n) is 31.8. The molecule has 2 aromatic carbocycles. The van der Waals surface area contributed by atoms with E-state index in [-0.39, 0.29) is 43.4 Å².